The van der Waals surface area contributed by atoms with Gasteiger partial charge in [0.1, 0.15) is 5.69 Å². The highest BCUT2D eigenvalue weighted by molar-refractivity contribution is 5.99. The smallest absolute Gasteiger partial charge is 0.315 e. The van der Waals surface area contributed by atoms with E-state index < -0.39 is 5.91 Å². The van der Waals surface area contributed by atoms with Crippen LogP contribution in [0.1, 0.15) is 48.2 Å². The van der Waals surface area contributed by atoms with Crippen LogP contribution >= 0.6 is 0 Å². The van der Waals surface area contributed by atoms with Crippen molar-refractivity contribution in [1.82, 2.24) is 30.7 Å². The molecule has 8 rings (SSSR count). The monoisotopic (exact) mass is 582 g/mol. The largest absolute Gasteiger partial charge is 0.493 e. The first-order chi connectivity index (χ1) is 21.0. The highest BCUT2D eigenvalue weighted by Gasteiger charge is 2.51. The van der Waals surface area contributed by atoms with Gasteiger partial charge in [-0.15, -0.1) is 5.10 Å². The molecule has 0 atom stereocenters. The highest BCUT2D eigenvalue weighted by atomic mass is 16.6. The van der Waals surface area contributed by atoms with E-state index in [1.165, 1.54) is 19.7 Å². The van der Waals surface area contributed by atoms with Crippen molar-refractivity contribution >= 4 is 23.9 Å². The molecule has 3 N–H and O–H groups in total. The molecular formula is C30H30N8O5. The molecule has 43 heavy (non-hydrogen) atoms. The lowest BCUT2D eigenvalue weighted by molar-refractivity contribution is -0.152. The summed E-state index contributed by atoms with van der Waals surface area (Å²) in [4.78, 5) is 26.6. The number of carbonyl (C=O) groups is 2. The Morgan fingerprint density at radius 1 is 1.02 bits per heavy atom. The van der Waals surface area contributed by atoms with Gasteiger partial charge in [0.15, 0.2) is 17.2 Å². The lowest BCUT2D eigenvalue weighted by Gasteiger charge is -2.53. The average Bonchev–Trinajstić information content (AvgIpc) is 3.63. The first-order valence-electron chi connectivity index (χ1n) is 14.3. The second-order valence-corrected chi connectivity index (χ2v) is 11.5. The molecular weight excluding hydrogens is 552 g/mol. The number of ether oxygens (including phenoxy) is 2. The number of carbonyl (C=O) groups excluding carboxylic acids is 2. The van der Waals surface area contributed by atoms with E-state index in [0.29, 0.717) is 40.2 Å². The van der Waals surface area contributed by atoms with E-state index in [9.17, 15) is 9.59 Å². The molecule has 0 saturated heterocycles. The molecule has 13 nitrogen and oxygen atoms in total. The lowest BCUT2D eigenvalue weighted by Crippen LogP contribution is -2.49. The topological polar surface area (TPSA) is 173 Å². The number of hydrogen-bond donors (Lipinski definition) is 2. The van der Waals surface area contributed by atoms with Crippen molar-refractivity contribution < 1.29 is 23.7 Å². The molecule has 1 amide bonds. The summed E-state index contributed by atoms with van der Waals surface area (Å²) < 4.78 is 17.3. The number of anilines is 1. The van der Waals surface area contributed by atoms with Crippen molar-refractivity contribution in [2.45, 2.75) is 32.1 Å². The van der Waals surface area contributed by atoms with Crippen molar-refractivity contribution in [2.75, 3.05) is 12.8 Å². The van der Waals surface area contributed by atoms with Crippen LogP contribution in [0.15, 0.2) is 58.3 Å². The number of aromatic nitrogens is 5. The van der Waals surface area contributed by atoms with Gasteiger partial charge in [-0.1, -0.05) is 35.5 Å². The molecule has 2 aromatic heterocycles. The van der Waals surface area contributed by atoms with E-state index >= 15 is 0 Å². The molecule has 2 heterocycles. The van der Waals surface area contributed by atoms with E-state index in [-0.39, 0.29) is 29.2 Å². The number of hydrazone groups is 1. The molecule has 4 bridgehead atoms. The normalized spacial score (nSPS) is 23.9. The third-order valence-corrected chi connectivity index (χ3v) is 8.91. The number of nitrogens with one attached hydrogen (secondary N) is 1. The van der Waals surface area contributed by atoms with Gasteiger partial charge in [0, 0.05) is 5.56 Å². The number of hydrogen-bond acceptors (Lipinski definition) is 11. The lowest BCUT2D eigenvalue weighted by atomic mass is 9.52. The number of nitrogen functional groups attached to an aromatic ring is 1. The number of nitrogens with zero attached hydrogens (tertiary/aromatic N) is 6. The summed E-state index contributed by atoms with van der Waals surface area (Å²) in [6, 6.07) is 14.2. The quantitative estimate of drug-likeness (QED) is 0.135. The van der Waals surface area contributed by atoms with Crippen LogP contribution in [0.4, 0.5) is 5.82 Å². The molecule has 4 aliphatic carbocycles. The molecule has 0 unspecified atom stereocenters. The maximum absolute atomic E-state index is 13.3. The minimum absolute atomic E-state index is 0.0207. The predicted octanol–water partition coefficient (Wildman–Crippen LogP) is 3.65. The van der Waals surface area contributed by atoms with Crippen molar-refractivity contribution in [3.63, 3.8) is 0 Å². The fourth-order valence-electron chi connectivity index (χ4n) is 7.32. The molecule has 4 aromatic rings. The number of esters is 1. The van der Waals surface area contributed by atoms with Gasteiger partial charge in [-0.3, -0.25) is 9.59 Å². The Morgan fingerprint density at radius 2 is 1.77 bits per heavy atom. The Hall–Kier alpha value is -5.07. The summed E-state index contributed by atoms with van der Waals surface area (Å²) in [5.41, 5.74) is 9.96. The van der Waals surface area contributed by atoms with Crippen LogP contribution in [0.2, 0.25) is 0 Å². The first kappa shape index (κ1) is 26.8. The first-order valence-corrected chi connectivity index (χ1v) is 14.3. The molecule has 4 aliphatic rings. The average molecular weight is 583 g/mol. The molecule has 4 fully saturated rings. The Bertz CT molecular complexity index is 1670. The van der Waals surface area contributed by atoms with Gasteiger partial charge in [0.2, 0.25) is 11.6 Å². The van der Waals surface area contributed by atoms with Crippen molar-refractivity contribution in [3.8, 4) is 28.6 Å². The zero-order valence-electron chi connectivity index (χ0n) is 23.4. The van der Waals surface area contributed by atoms with Crippen LogP contribution < -0.4 is 20.6 Å². The second-order valence-electron chi connectivity index (χ2n) is 11.5. The van der Waals surface area contributed by atoms with Crippen molar-refractivity contribution in [3.05, 3.63) is 59.8 Å². The Labute approximate surface area is 246 Å². The van der Waals surface area contributed by atoms with E-state index in [1.54, 1.807) is 30.3 Å². The zero-order chi connectivity index (χ0) is 29.5. The van der Waals surface area contributed by atoms with Gasteiger partial charge in [-0.2, -0.15) is 9.78 Å². The van der Waals surface area contributed by atoms with Crippen LogP contribution in [0.3, 0.4) is 0 Å². The zero-order valence-corrected chi connectivity index (χ0v) is 23.4. The fraction of sp³-hybridized carbons (Fsp3) is 0.367. The molecule has 2 aromatic carbocycles. The van der Waals surface area contributed by atoms with Gasteiger partial charge in [0.05, 0.1) is 19.2 Å². The third-order valence-electron chi connectivity index (χ3n) is 8.91. The SMILES string of the molecule is COc1cc(C=NNC(=O)c2c(-c3ccccc3)nnn2-c2nonc2N)ccc1OC(=O)C1C2CC3CC(C2)CC1C3. The molecule has 13 heteroatoms. The second kappa shape index (κ2) is 11.0. The van der Waals surface area contributed by atoms with E-state index in [0.717, 1.165) is 42.2 Å². The predicted molar refractivity (Wildman–Crippen MR) is 153 cm³/mol. The molecule has 4 saturated carbocycles. The molecule has 220 valence electrons. The van der Waals surface area contributed by atoms with Gasteiger partial charge in [0.25, 0.3) is 5.91 Å². The summed E-state index contributed by atoms with van der Waals surface area (Å²) >= 11 is 0. The van der Waals surface area contributed by atoms with Gasteiger partial charge in [-0.05, 0) is 89.9 Å². The Morgan fingerprint density at radius 3 is 2.44 bits per heavy atom. The molecule has 0 aliphatic heterocycles. The number of rotatable bonds is 8. The molecule has 0 radical (unpaired) electrons. The Kier molecular flexibility index (Phi) is 6.84. The van der Waals surface area contributed by atoms with E-state index in [1.807, 2.05) is 18.2 Å². The fourth-order valence-corrected chi connectivity index (χ4v) is 7.32. The summed E-state index contributed by atoms with van der Waals surface area (Å²) in [5.74, 6) is 2.31. The third kappa shape index (κ3) is 5.00. The van der Waals surface area contributed by atoms with E-state index in [4.69, 9.17) is 15.2 Å². The van der Waals surface area contributed by atoms with Gasteiger partial charge in [-0.25, -0.2) is 10.1 Å². The van der Waals surface area contributed by atoms with Crippen molar-refractivity contribution in [1.29, 1.82) is 0 Å². The number of nitrogens with two attached hydrogens (primary N) is 1. The van der Waals surface area contributed by atoms with E-state index in [2.05, 4.69) is 35.8 Å². The maximum atomic E-state index is 13.3. The number of methoxy groups -OCH3 is 1. The number of amides is 1. The van der Waals surface area contributed by atoms with Crippen LogP contribution in [-0.2, 0) is 4.79 Å². The highest BCUT2D eigenvalue weighted by Crippen LogP contribution is 2.56. The maximum Gasteiger partial charge on any atom is 0.315 e. The van der Waals surface area contributed by atoms with Crippen LogP contribution in [0.5, 0.6) is 11.5 Å². The van der Waals surface area contributed by atoms with Crippen molar-refractivity contribution in [2.24, 2.45) is 34.7 Å². The minimum Gasteiger partial charge on any atom is -0.493 e. The summed E-state index contributed by atoms with van der Waals surface area (Å²) in [5, 5.41) is 19.6. The van der Waals surface area contributed by atoms with Crippen LogP contribution in [0, 0.1) is 29.6 Å². The Balaban J connectivity index is 1.07. The summed E-state index contributed by atoms with van der Waals surface area (Å²) in [6.07, 6.45) is 7.32. The summed E-state index contributed by atoms with van der Waals surface area (Å²) in [7, 11) is 1.52. The van der Waals surface area contributed by atoms with Crippen LogP contribution in [-0.4, -0.2) is 50.5 Å². The molecule has 0 spiro atoms. The van der Waals surface area contributed by atoms with Gasteiger partial charge < -0.3 is 15.2 Å². The van der Waals surface area contributed by atoms with Crippen LogP contribution in [0.25, 0.3) is 17.1 Å². The number of benzene rings is 2. The minimum atomic E-state index is -0.615. The standard InChI is InChI=1S/C30H30N8O5/c1-41-23-14-16(7-8-22(23)42-30(40)24-20-10-17-9-18(12-20)13-21(24)11-17)15-32-34-29(39)26-25(19-5-3-2-4-6-19)33-37-38(26)28-27(31)35-43-36-28/h2-8,14-15,17-18,20-21,24H,9-13H2,1H3,(H2,31,35)(H,34,39). The summed E-state index contributed by atoms with van der Waals surface area (Å²) in [6.45, 7) is 0. The van der Waals surface area contributed by atoms with Gasteiger partial charge >= 0.3 is 5.97 Å².